The first-order valence-electron chi connectivity index (χ1n) is 9.78. The predicted molar refractivity (Wildman–Crippen MR) is 109 cm³/mol. The van der Waals surface area contributed by atoms with Crippen LogP contribution in [0.3, 0.4) is 0 Å². The number of carbonyl (C=O) groups is 1. The van der Waals surface area contributed by atoms with Crippen LogP contribution in [0.25, 0.3) is 0 Å². The third-order valence-corrected chi connectivity index (χ3v) is 4.64. The quantitative estimate of drug-likeness (QED) is 0.339. The van der Waals surface area contributed by atoms with Crippen molar-refractivity contribution in [2.24, 2.45) is 4.99 Å². The molecule has 1 heterocycles. The van der Waals surface area contributed by atoms with Crippen molar-refractivity contribution in [2.75, 3.05) is 60.0 Å². The second-order valence-electron chi connectivity index (χ2n) is 6.62. The number of aliphatic imine (C=N–C) groups is 1. The first kappa shape index (κ1) is 21.2. The Balaban J connectivity index is 1.60. The average Bonchev–Trinajstić information content (AvgIpc) is 2.72. The predicted octanol–water partition coefficient (Wildman–Crippen LogP) is 0.866. The van der Waals surface area contributed by atoms with Gasteiger partial charge in [-0.05, 0) is 43.5 Å². The van der Waals surface area contributed by atoms with E-state index in [-0.39, 0.29) is 5.91 Å². The van der Waals surface area contributed by atoms with Gasteiger partial charge in [0.15, 0.2) is 5.96 Å². The van der Waals surface area contributed by atoms with E-state index >= 15 is 0 Å². The fraction of sp³-hybridized carbons (Fsp3) is 0.600. The highest BCUT2D eigenvalue weighted by Crippen LogP contribution is 2.05. The molecule has 7 nitrogen and oxygen atoms in total. The molecule has 0 spiro atoms. The molecule has 1 fully saturated rings. The molecule has 0 aliphatic carbocycles. The minimum atomic E-state index is -0.0561. The van der Waals surface area contributed by atoms with Gasteiger partial charge in [-0.25, -0.2) is 0 Å². The Hall–Kier alpha value is -2.12. The number of rotatable bonds is 9. The summed E-state index contributed by atoms with van der Waals surface area (Å²) in [5, 5.41) is 9.35. The minimum absolute atomic E-state index is 0.0561. The van der Waals surface area contributed by atoms with Gasteiger partial charge in [0.1, 0.15) is 0 Å². The molecule has 0 saturated carbocycles. The number of amides is 1. The van der Waals surface area contributed by atoms with E-state index in [9.17, 15) is 4.79 Å². The third-order valence-electron chi connectivity index (χ3n) is 4.64. The molecule has 2 rings (SSSR count). The lowest BCUT2D eigenvalue weighted by Crippen LogP contribution is -2.39. The Labute approximate surface area is 162 Å². The molecular formula is C20H33N5O2. The van der Waals surface area contributed by atoms with Crippen LogP contribution in [0.2, 0.25) is 0 Å². The molecule has 1 aliphatic heterocycles. The van der Waals surface area contributed by atoms with Gasteiger partial charge < -0.3 is 20.7 Å². The number of guanidine groups is 1. The monoisotopic (exact) mass is 375 g/mol. The summed E-state index contributed by atoms with van der Waals surface area (Å²) in [6, 6.07) is 7.72. The van der Waals surface area contributed by atoms with Crippen LogP contribution in [0.15, 0.2) is 29.3 Å². The number of unbranched alkanes of at least 4 members (excludes halogenated alkanes) is 1. The van der Waals surface area contributed by atoms with Crippen LogP contribution in [-0.4, -0.2) is 76.8 Å². The summed E-state index contributed by atoms with van der Waals surface area (Å²) in [5.41, 5.74) is 1.82. The first-order chi connectivity index (χ1) is 13.2. The molecule has 3 N–H and O–H groups in total. The van der Waals surface area contributed by atoms with E-state index in [4.69, 9.17) is 4.74 Å². The number of benzene rings is 1. The number of morpholine rings is 1. The number of nitrogens with zero attached hydrogens (tertiary/aromatic N) is 2. The first-order valence-corrected chi connectivity index (χ1v) is 9.78. The highest BCUT2D eigenvalue weighted by Gasteiger charge is 2.09. The van der Waals surface area contributed by atoms with Crippen LogP contribution < -0.4 is 16.0 Å². The molecule has 7 heteroatoms. The van der Waals surface area contributed by atoms with Crippen LogP contribution >= 0.6 is 0 Å². The summed E-state index contributed by atoms with van der Waals surface area (Å²) in [4.78, 5) is 18.4. The molecule has 0 bridgehead atoms. The Kier molecular flexibility index (Phi) is 9.65. The van der Waals surface area contributed by atoms with Gasteiger partial charge in [0.05, 0.1) is 13.2 Å². The Morgan fingerprint density at radius 1 is 1.19 bits per heavy atom. The summed E-state index contributed by atoms with van der Waals surface area (Å²) in [5.74, 6) is 0.767. The van der Waals surface area contributed by atoms with Crippen molar-refractivity contribution in [2.45, 2.75) is 19.3 Å². The topological polar surface area (TPSA) is 78.0 Å². The van der Waals surface area contributed by atoms with Crippen LogP contribution in [0, 0.1) is 0 Å². The molecule has 1 aromatic carbocycles. The molecule has 1 amide bonds. The van der Waals surface area contributed by atoms with E-state index in [1.165, 1.54) is 6.42 Å². The molecule has 1 aliphatic rings. The smallest absolute Gasteiger partial charge is 0.251 e. The normalized spacial score (nSPS) is 15.4. The minimum Gasteiger partial charge on any atom is -0.379 e. The molecule has 1 saturated heterocycles. The Bertz CT molecular complexity index is 600. The van der Waals surface area contributed by atoms with Gasteiger partial charge in [-0.15, -0.1) is 0 Å². The Morgan fingerprint density at radius 2 is 1.96 bits per heavy atom. The number of hydrogen-bond acceptors (Lipinski definition) is 4. The van der Waals surface area contributed by atoms with Gasteiger partial charge in [0, 0.05) is 45.8 Å². The zero-order valence-corrected chi connectivity index (χ0v) is 16.6. The van der Waals surface area contributed by atoms with Gasteiger partial charge >= 0.3 is 0 Å². The molecular weight excluding hydrogens is 342 g/mol. The van der Waals surface area contributed by atoms with Crippen molar-refractivity contribution in [3.8, 4) is 0 Å². The Morgan fingerprint density at radius 3 is 2.70 bits per heavy atom. The van der Waals surface area contributed by atoms with Crippen molar-refractivity contribution in [1.29, 1.82) is 0 Å². The van der Waals surface area contributed by atoms with Gasteiger partial charge in [-0.3, -0.25) is 14.7 Å². The van der Waals surface area contributed by atoms with Crippen molar-refractivity contribution in [3.63, 3.8) is 0 Å². The van der Waals surface area contributed by atoms with Crippen LogP contribution in [0.5, 0.6) is 0 Å². The number of ether oxygens (including phenoxy) is 1. The zero-order chi connectivity index (χ0) is 19.3. The van der Waals surface area contributed by atoms with Crippen LogP contribution in [0.4, 0.5) is 0 Å². The fourth-order valence-corrected chi connectivity index (χ4v) is 3.05. The van der Waals surface area contributed by atoms with E-state index in [0.29, 0.717) is 5.56 Å². The van der Waals surface area contributed by atoms with Crippen molar-refractivity contribution in [1.82, 2.24) is 20.9 Å². The maximum atomic E-state index is 11.7. The van der Waals surface area contributed by atoms with E-state index < -0.39 is 0 Å². The molecule has 0 atom stereocenters. The van der Waals surface area contributed by atoms with Crippen molar-refractivity contribution in [3.05, 3.63) is 35.4 Å². The molecule has 0 unspecified atom stereocenters. The summed E-state index contributed by atoms with van der Waals surface area (Å²) in [6.07, 6.45) is 3.13. The second kappa shape index (κ2) is 12.3. The highest BCUT2D eigenvalue weighted by atomic mass is 16.5. The van der Waals surface area contributed by atoms with Gasteiger partial charge in [0.2, 0.25) is 0 Å². The summed E-state index contributed by atoms with van der Waals surface area (Å²) < 4.78 is 5.37. The van der Waals surface area contributed by atoms with Crippen LogP contribution in [0.1, 0.15) is 28.8 Å². The third kappa shape index (κ3) is 7.97. The number of carbonyl (C=O) groups excluding carboxylic acids is 1. The summed E-state index contributed by atoms with van der Waals surface area (Å²) in [6.45, 7) is 6.65. The van der Waals surface area contributed by atoms with Gasteiger partial charge in [-0.1, -0.05) is 12.1 Å². The summed E-state index contributed by atoms with van der Waals surface area (Å²) in [7, 11) is 3.43. The SMILES string of the molecule is CN=C(NCCCCN1CCOCC1)NCCc1cccc(C(=O)NC)c1. The molecule has 0 radical (unpaired) electrons. The number of nitrogens with one attached hydrogen (secondary N) is 3. The van der Waals surface area contributed by atoms with Gasteiger partial charge in [-0.2, -0.15) is 0 Å². The molecule has 1 aromatic rings. The average molecular weight is 376 g/mol. The maximum absolute atomic E-state index is 11.7. The standard InChI is InChI=1S/C20H33N5O2/c1-21-19(26)18-7-5-6-17(16-18)8-10-24-20(22-2)23-9-3-4-11-25-12-14-27-15-13-25/h5-7,16H,3-4,8-15H2,1-2H3,(H,21,26)(H2,22,23,24). The zero-order valence-electron chi connectivity index (χ0n) is 16.6. The molecule has 150 valence electrons. The van der Waals surface area contributed by atoms with Crippen LogP contribution in [-0.2, 0) is 11.2 Å². The van der Waals surface area contributed by atoms with Gasteiger partial charge in [0.25, 0.3) is 5.91 Å². The lowest BCUT2D eigenvalue weighted by Gasteiger charge is -2.26. The number of hydrogen-bond donors (Lipinski definition) is 3. The van der Waals surface area contributed by atoms with E-state index in [0.717, 1.165) is 70.3 Å². The van der Waals surface area contributed by atoms with E-state index in [1.807, 2.05) is 24.3 Å². The largest absolute Gasteiger partial charge is 0.379 e. The molecule has 27 heavy (non-hydrogen) atoms. The van der Waals surface area contributed by atoms with E-state index in [1.54, 1.807) is 14.1 Å². The fourth-order valence-electron chi connectivity index (χ4n) is 3.05. The van der Waals surface area contributed by atoms with E-state index in [2.05, 4.69) is 25.8 Å². The van der Waals surface area contributed by atoms with Crippen molar-refractivity contribution >= 4 is 11.9 Å². The summed E-state index contributed by atoms with van der Waals surface area (Å²) >= 11 is 0. The lowest BCUT2D eigenvalue weighted by molar-refractivity contribution is 0.0372. The second-order valence-corrected chi connectivity index (χ2v) is 6.62. The maximum Gasteiger partial charge on any atom is 0.251 e. The van der Waals surface area contributed by atoms with Crippen molar-refractivity contribution < 1.29 is 9.53 Å². The molecule has 0 aromatic heterocycles. The lowest BCUT2D eigenvalue weighted by atomic mass is 10.1. The highest BCUT2D eigenvalue weighted by molar-refractivity contribution is 5.94.